The van der Waals surface area contributed by atoms with Crippen LogP contribution in [0.25, 0.3) is 33.1 Å². The van der Waals surface area contributed by atoms with Crippen molar-refractivity contribution in [1.82, 2.24) is 15.0 Å². The zero-order valence-electron chi connectivity index (χ0n) is 28.8. The number of nitrogens with zero attached hydrogens (tertiary/aromatic N) is 3. The zero-order valence-corrected chi connectivity index (χ0v) is 28.8. The topological polar surface area (TPSA) is 100 Å². The summed E-state index contributed by atoms with van der Waals surface area (Å²) < 4.78 is 6.25. The number of nitrogens with one attached hydrogen (secondary N) is 2. The van der Waals surface area contributed by atoms with Crippen LogP contribution in [0.2, 0.25) is 0 Å². The van der Waals surface area contributed by atoms with Gasteiger partial charge in [-0.2, -0.15) is 0 Å². The number of benzene rings is 3. The summed E-state index contributed by atoms with van der Waals surface area (Å²) in [6.45, 7) is 11.2. The van der Waals surface area contributed by atoms with Gasteiger partial charge in [-0.15, -0.1) is 0 Å². The van der Waals surface area contributed by atoms with E-state index in [1.54, 1.807) is 11.1 Å². The van der Waals surface area contributed by atoms with E-state index in [1.165, 1.54) is 0 Å². The molecule has 0 unspecified atom stereocenters. The van der Waals surface area contributed by atoms with Gasteiger partial charge in [-0.05, 0) is 71.3 Å². The monoisotopic (exact) mass is 653 g/mol. The lowest BCUT2D eigenvalue weighted by Gasteiger charge is -2.28. The van der Waals surface area contributed by atoms with E-state index in [9.17, 15) is 9.59 Å². The molecule has 8 heteroatoms. The third-order valence-corrected chi connectivity index (χ3v) is 8.78. The minimum atomic E-state index is -0.389. The van der Waals surface area contributed by atoms with E-state index in [0.29, 0.717) is 29.9 Å². The van der Waals surface area contributed by atoms with Crippen molar-refractivity contribution >= 4 is 39.3 Å². The second-order valence-electron chi connectivity index (χ2n) is 12.9. The summed E-state index contributed by atoms with van der Waals surface area (Å²) >= 11 is 0. The molecular weight excluding hydrogens is 610 g/mol. The Kier molecular flexibility index (Phi) is 10.0. The average molecular weight is 654 g/mol. The molecule has 3 aromatic carbocycles. The number of fused-ring (bicyclic) bond motifs is 2. The van der Waals surface area contributed by atoms with Crippen LogP contribution in [0.4, 0.5) is 16.2 Å². The highest BCUT2D eigenvalue weighted by molar-refractivity contribution is 6.09. The Morgan fingerprint density at radius 2 is 1.65 bits per heavy atom. The summed E-state index contributed by atoms with van der Waals surface area (Å²) in [5, 5.41) is 5.05. The van der Waals surface area contributed by atoms with Crippen molar-refractivity contribution in [3.63, 3.8) is 0 Å². The standard InChI is InChI=1S/C41H43N5O3/c1-6-7-23-46(41(48)44-37-32(26(2)3)16-11-17-33(37)27(4)5)38-36(34-18-12-22-42-39(34)45-40(38)47)29-14-10-15-31(24-29)49-25-30-21-20-28-13-8-9-19-35(28)43-30/h8-22,24,26-27H,6-7,23,25H2,1-5H3,(H,44,48)(H,42,45,47). The van der Waals surface area contributed by atoms with Crippen molar-refractivity contribution in [3.05, 3.63) is 124 Å². The Hall–Kier alpha value is -5.50. The van der Waals surface area contributed by atoms with Crippen molar-refractivity contribution in [1.29, 1.82) is 0 Å². The van der Waals surface area contributed by atoms with Gasteiger partial charge in [0.1, 0.15) is 23.7 Å². The molecule has 0 saturated heterocycles. The van der Waals surface area contributed by atoms with Crippen molar-refractivity contribution in [2.45, 2.75) is 65.9 Å². The quantitative estimate of drug-likeness (QED) is 0.145. The fourth-order valence-electron chi connectivity index (χ4n) is 6.25. The second-order valence-corrected chi connectivity index (χ2v) is 12.9. The number of H-pyrrole nitrogens is 1. The van der Waals surface area contributed by atoms with Gasteiger partial charge in [0.2, 0.25) is 0 Å². The maximum Gasteiger partial charge on any atom is 0.326 e. The van der Waals surface area contributed by atoms with E-state index in [4.69, 9.17) is 9.72 Å². The first-order valence-corrected chi connectivity index (χ1v) is 17.0. The van der Waals surface area contributed by atoms with Gasteiger partial charge < -0.3 is 15.0 Å². The molecule has 0 spiro atoms. The Labute approximate surface area is 287 Å². The smallest absolute Gasteiger partial charge is 0.326 e. The first-order valence-electron chi connectivity index (χ1n) is 17.0. The molecule has 250 valence electrons. The summed E-state index contributed by atoms with van der Waals surface area (Å²) in [6, 6.07) is 29.2. The molecule has 0 atom stereocenters. The van der Waals surface area contributed by atoms with Gasteiger partial charge in [0.25, 0.3) is 5.56 Å². The van der Waals surface area contributed by atoms with Crippen molar-refractivity contribution < 1.29 is 9.53 Å². The number of pyridine rings is 3. The van der Waals surface area contributed by atoms with Crippen molar-refractivity contribution in [2.24, 2.45) is 0 Å². The Morgan fingerprint density at radius 3 is 2.41 bits per heavy atom. The zero-order chi connectivity index (χ0) is 34.5. The number of urea groups is 1. The number of hydrogen-bond donors (Lipinski definition) is 2. The third-order valence-electron chi connectivity index (χ3n) is 8.78. The summed E-state index contributed by atoms with van der Waals surface area (Å²) in [7, 11) is 0. The normalized spacial score (nSPS) is 11.4. The SMILES string of the molecule is CCCCN(C(=O)Nc1c(C(C)C)cccc1C(C)C)c1c(-c2cccc(OCc3ccc4ccccc4n3)c2)c2cccnc2[nH]c1=O. The number of hydrogen-bond acceptors (Lipinski definition) is 5. The highest BCUT2D eigenvalue weighted by Crippen LogP contribution is 2.37. The highest BCUT2D eigenvalue weighted by atomic mass is 16.5. The molecule has 0 aliphatic carbocycles. The minimum absolute atomic E-state index is 0.191. The lowest BCUT2D eigenvalue weighted by Crippen LogP contribution is -2.40. The molecular formula is C41H43N5O3. The van der Waals surface area contributed by atoms with Crippen LogP contribution < -0.4 is 20.5 Å². The predicted octanol–water partition coefficient (Wildman–Crippen LogP) is 9.80. The van der Waals surface area contributed by atoms with Crippen LogP contribution in [-0.4, -0.2) is 27.5 Å². The molecule has 0 saturated carbocycles. The fraction of sp³-hybridized carbons (Fsp3) is 0.268. The van der Waals surface area contributed by atoms with Gasteiger partial charge in [-0.25, -0.2) is 14.8 Å². The Balaban J connectivity index is 1.43. The maximum atomic E-state index is 14.5. The van der Waals surface area contributed by atoms with E-state index in [-0.39, 0.29) is 35.7 Å². The highest BCUT2D eigenvalue weighted by Gasteiger charge is 2.27. The molecule has 3 aromatic heterocycles. The first-order chi connectivity index (χ1) is 23.7. The van der Waals surface area contributed by atoms with Crippen LogP contribution in [0.1, 0.15) is 76.1 Å². The van der Waals surface area contributed by atoms with Crippen LogP contribution >= 0.6 is 0 Å². The molecule has 6 aromatic rings. The van der Waals surface area contributed by atoms with Gasteiger partial charge in [0.05, 0.1) is 11.2 Å². The van der Waals surface area contributed by atoms with Crippen LogP contribution in [0.5, 0.6) is 5.75 Å². The van der Waals surface area contributed by atoms with E-state index in [2.05, 4.69) is 62.0 Å². The number of amides is 2. The molecule has 0 bridgehead atoms. The van der Waals surface area contributed by atoms with Gasteiger partial charge in [0.15, 0.2) is 0 Å². The average Bonchev–Trinajstić information content (AvgIpc) is 3.10. The number of carbonyl (C=O) groups excluding carboxylic acids is 1. The summed E-state index contributed by atoms with van der Waals surface area (Å²) in [5.41, 5.74) is 6.31. The lowest BCUT2D eigenvalue weighted by molar-refractivity contribution is 0.256. The van der Waals surface area contributed by atoms with Gasteiger partial charge >= 0.3 is 6.03 Å². The van der Waals surface area contributed by atoms with Gasteiger partial charge in [-0.3, -0.25) is 9.69 Å². The molecule has 0 radical (unpaired) electrons. The molecule has 8 nitrogen and oxygen atoms in total. The van der Waals surface area contributed by atoms with Crippen molar-refractivity contribution in [2.75, 3.05) is 16.8 Å². The summed E-state index contributed by atoms with van der Waals surface area (Å²) in [4.78, 5) is 42.3. The number of aromatic nitrogens is 3. The summed E-state index contributed by atoms with van der Waals surface area (Å²) in [6.07, 6.45) is 3.20. The predicted molar refractivity (Wildman–Crippen MR) is 200 cm³/mol. The molecule has 2 amide bonds. The van der Waals surface area contributed by atoms with Gasteiger partial charge in [-0.1, -0.05) is 95.6 Å². The molecule has 49 heavy (non-hydrogen) atoms. The maximum absolute atomic E-state index is 14.5. The number of unbranched alkanes of at least 4 members (excludes halogenated alkanes) is 1. The Morgan fingerprint density at radius 1 is 0.898 bits per heavy atom. The number of aromatic amines is 1. The molecule has 2 N–H and O–H groups in total. The number of carbonyl (C=O) groups is 1. The van der Waals surface area contributed by atoms with E-state index < -0.39 is 0 Å². The largest absolute Gasteiger partial charge is 0.487 e. The van der Waals surface area contributed by atoms with Crippen LogP contribution in [0.3, 0.4) is 0 Å². The van der Waals surface area contributed by atoms with Crippen LogP contribution in [0, 0.1) is 0 Å². The van der Waals surface area contributed by atoms with Crippen molar-refractivity contribution in [3.8, 4) is 16.9 Å². The second kappa shape index (κ2) is 14.7. The number of rotatable bonds is 11. The molecule has 6 rings (SSSR count). The minimum Gasteiger partial charge on any atom is -0.487 e. The lowest BCUT2D eigenvalue weighted by atomic mass is 9.92. The fourth-order valence-corrected chi connectivity index (χ4v) is 6.25. The number of ether oxygens (including phenoxy) is 1. The number of anilines is 2. The van der Waals surface area contributed by atoms with Crippen LogP contribution in [0.15, 0.2) is 102 Å². The first kappa shape index (κ1) is 33.4. The molecule has 0 aliphatic rings. The Bertz CT molecular complexity index is 2150. The summed E-state index contributed by atoms with van der Waals surface area (Å²) in [5.74, 6) is 1.00. The third kappa shape index (κ3) is 7.18. The van der Waals surface area contributed by atoms with Gasteiger partial charge in [0, 0.05) is 34.8 Å². The molecule has 0 aliphatic heterocycles. The van der Waals surface area contributed by atoms with Crippen LogP contribution in [-0.2, 0) is 6.61 Å². The van der Waals surface area contributed by atoms with E-state index in [1.807, 2.05) is 78.9 Å². The molecule has 3 heterocycles. The van der Waals surface area contributed by atoms with E-state index in [0.717, 1.165) is 50.8 Å². The molecule has 0 fully saturated rings. The van der Waals surface area contributed by atoms with E-state index >= 15 is 0 Å². The number of para-hydroxylation sites is 2.